The van der Waals surface area contributed by atoms with Gasteiger partial charge in [0.25, 0.3) is 5.91 Å². The molecule has 244 valence electrons. The van der Waals surface area contributed by atoms with Gasteiger partial charge >= 0.3 is 11.9 Å². The van der Waals surface area contributed by atoms with Crippen LogP contribution in [0.15, 0.2) is 33.0 Å². The van der Waals surface area contributed by atoms with E-state index in [1.807, 2.05) is 12.2 Å². The SMILES string of the molecule is CON=C(Cn1nnnc1SCC1(C(=O)O)CS[C@@H]2C(NC(=O)C(=NOC3C=CCC3)c3csc(NC=O)n3)C(=O)N2C1)C(=O)O. The van der Waals surface area contributed by atoms with Crippen LogP contribution in [-0.4, -0.2) is 125 Å². The van der Waals surface area contributed by atoms with Crippen molar-refractivity contribution in [1.82, 2.24) is 35.4 Å². The molecule has 19 nitrogen and oxygen atoms in total. The number of oxime groups is 2. The first-order valence-corrected chi connectivity index (χ1v) is 16.3. The van der Waals surface area contributed by atoms with Crippen LogP contribution in [0.2, 0.25) is 0 Å². The fraction of sp³-hybridized carbons (Fsp3) is 0.458. The number of hydrogen-bond acceptors (Lipinski definition) is 16. The molecule has 1 aliphatic carbocycles. The van der Waals surface area contributed by atoms with Crippen molar-refractivity contribution < 1.29 is 43.9 Å². The number of rotatable bonds is 15. The summed E-state index contributed by atoms with van der Waals surface area (Å²) in [5.41, 5.74) is -1.82. The van der Waals surface area contributed by atoms with Gasteiger partial charge in [0, 0.05) is 23.4 Å². The van der Waals surface area contributed by atoms with Crippen molar-refractivity contribution in [1.29, 1.82) is 0 Å². The van der Waals surface area contributed by atoms with E-state index in [9.17, 15) is 34.2 Å². The molecule has 2 saturated heterocycles. The molecule has 4 atom stereocenters. The van der Waals surface area contributed by atoms with Gasteiger partial charge in [0.2, 0.25) is 17.5 Å². The fourth-order valence-corrected chi connectivity index (χ4v) is 8.01. The van der Waals surface area contributed by atoms with Gasteiger partial charge in [-0.05, 0) is 29.3 Å². The third-order valence-electron chi connectivity index (χ3n) is 7.00. The van der Waals surface area contributed by atoms with Gasteiger partial charge in [0.05, 0.1) is 6.54 Å². The highest BCUT2D eigenvalue weighted by atomic mass is 32.2. The normalized spacial score (nSPS) is 24.2. The number of carboxylic acid groups (broad SMARTS) is 2. The van der Waals surface area contributed by atoms with Gasteiger partial charge in [-0.3, -0.25) is 19.2 Å². The number of thiazole rings is 1. The molecular formula is C24H26N10O9S3. The molecule has 0 saturated carbocycles. The Bertz CT molecular complexity index is 1610. The quantitative estimate of drug-likeness (QED) is 0.0457. The van der Waals surface area contributed by atoms with Crippen molar-refractivity contribution in [3.8, 4) is 0 Å². The molecule has 2 fully saturated rings. The maximum absolute atomic E-state index is 13.4. The van der Waals surface area contributed by atoms with Crippen molar-refractivity contribution in [2.75, 3.05) is 30.5 Å². The molecule has 0 aromatic carbocycles. The number of hydrogen-bond donors (Lipinski definition) is 4. The van der Waals surface area contributed by atoms with Crippen LogP contribution in [0, 0.1) is 5.41 Å². The summed E-state index contributed by atoms with van der Waals surface area (Å²) in [5, 5.41) is 44.6. The lowest BCUT2D eigenvalue weighted by atomic mass is 9.89. The van der Waals surface area contributed by atoms with Gasteiger partial charge in [-0.15, -0.1) is 28.2 Å². The Labute approximate surface area is 271 Å². The van der Waals surface area contributed by atoms with Crippen molar-refractivity contribution in [2.45, 2.75) is 42.1 Å². The van der Waals surface area contributed by atoms with Gasteiger partial charge in [0.1, 0.15) is 35.7 Å². The monoisotopic (exact) mass is 694 g/mol. The number of aliphatic carboxylic acids is 2. The Kier molecular flexibility index (Phi) is 10.2. The number of carboxylic acids is 2. The van der Waals surface area contributed by atoms with E-state index in [-0.39, 0.29) is 58.1 Å². The summed E-state index contributed by atoms with van der Waals surface area (Å²) in [6.45, 7) is -0.471. The summed E-state index contributed by atoms with van der Waals surface area (Å²) in [6, 6.07) is -0.957. The molecular weight excluding hydrogens is 669 g/mol. The van der Waals surface area contributed by atoms with E-state index in [0.29, 0.717) is 12.8 Å². The van der Waals surface area contributed by atoms with Crippen molar-refractivity contribution >= 4 is 81.6 Å². The zero-order valence-electron chi connectivity index (χ0n) is 23.8. The molecule has 22 heteroatoms. The van der Waals surface area contributed by atoms with Crippen LogP contribution in [0.25, 0.3) is 0 Å². The largest absolute Gasteiger partial charge is 0.481 e. The first kappa shape index (κ1) is 32.8. The molecule has 2 aromatic heterocycles. The lowest BCUT2D eigenvalue weighted by Gasteiger charge is -2.53. The van der Waals surface area contributed by atoms with E-state index >= 15 is 0 Å². The number of nitrogens with zero attached hydrogens (tertiary/aromatic N) is 8. The van der Waals surface area contributed by atoms with E-state index < -0.39 is 40.6 Å². The molecule has 2 aliphatic heterocycles. The maximum Gasteiger partial charge on any atom is 0.355 e. The minimum absolute atomic E-state index is 0.0439. The van der Waals surface area contributed by atoms with Crippen LogP contribution in [0.5, 0.6) is 0 Å². The zero-order valence-corrected chi connectivity index (χ0v) is 26.3. The number of aromatic nitrogens is 5. The Balaban J connectivity index is 1.25. The minimum Gasteiger partial charge on any atom is -0.481 e. The first-order chi connectivity index (χ1) is 22.2. The second-order valence-corrected chi connectivity index (χ2v) is 12.9. The van der Waals surface area contributed by atoms with Crippen LogP contribution in [0.1, 0.15) is 18.5 Å². The van der Waals surface area contributed by atoms with E-state index in [4.69, 9.17) is 4.84 Å². The van der Waals surface area contributed by atoms with Gasteiger partial charge in [0.15, 0.2) is 16.6 Å². The average Bonchev–Trinajstić information content (AvgIpc) is 3.82. The number of fused-ring (bicyclic) bond motifs is 1. The highest BCUT2D eigenvalue weighted by molar-refractivity contribution is 8.00. The molecule has 0 radical (unpaired) electrons. The fourth-order valence-electron chi connectivity index (χ4n) is 4.62. The predicted molar refractivity (Wildman–Crippen MR) is 162 cm³/mol. The van der Waals surface area contributed by atoms with E-state index in [1.165, 1.54) is 29.2 Å². The molecule has 46 heavy (non-hydrogen) atoms. The van der Waals surface area contributed by atoms with Gasteiger partial charge in [-0.2, -0.15) is 0 Å². The Morgan fingerprint density at radius 3 is 2.83 bits per heavy atom. The number of nitrogens with one attached hydrogen (secondary N) is 2. The highest BCUT2D eigenvalue weighted by Crippen LogP contribution is 2.44. The molecule has 3 aliphatic rings. The standard InChI is InChI=1S/C24H26N10O9S3/c1-42-29-13(20(38)39)6-34-23(28-31-32-34)46-10-24(21(40)41)8-33-18(37)16(19(33)45-9-24)27-17(36)15(30-43-12-4-2-3-5-12)14-7-44-22(26-14)25-11-35/h2,4,7,11-12,16,19H,3,5-6,8-10H2,1H3,(H,27,36)(H,38,39)(H,40,41)(H,25,26,35)/t12?,16?,19-,24?/m1/s1. The number of β-lactam (4-membered cyclic amide) rings is 1. The van der Waals surface area contributed by atoms with Crippen molar-refractivity contribution in [3.05, 3.63) is 23.2 Å². The molecule has 4 heterocycles. The second-order valence-electron chi connectivity index (χ2n) is 10.0. The van der Waals surface area contributed by atoms with Crippen LogP contribution in [0.4, 0.5) is 5.13 Å². The lowest BCUT2D eigenvalue weighted by Crippen LogP contribution is -2.74. The summed E-state index contributed by atoms with van der Waals surface area (Å²) >= 11 is 3.27. The van der Waals surface area contributed by atoms with Gasteiger partial charge in [-0.25, -0.2) is 14.5 Å². The van der Waals surface area contributed by atoms with Crippen LogP contribution >= 0.6 is 34.9 Å². The highest BCUT2D eigenvalue weighted by Gasteiger charge is 2.57. The summed E-state index contributed by atoms with van der Waals surface area (Å²) in [5.74, 6) is -3.64. The van der Waals surface area contributed by atoms with E-state index in [0.717, 1.165) is 34.2 Å². The topological polar surface area (TPSA) is 253 Å². The Morgan fingerprint density at radius 1 is 1.30 bits per heavy atom. The number of thioether (sulfide) groups is 2. The van der Waals surface area contributed by atoms with Crippen LogP contribution < -0.4 is 10.6 Å². The summed E-state index contributed by atoms with van der Waals surface area (Å²) < 4.78 is 1.15. The van der Waals surface area contributed by atoms with Gasteiger partial charge < -0.3 is 35.4 Å². The summed E-state index contributed by atoms with van der Waals surface area (Å²) in [4.78, 5) is 77.0. The molecule has 0 bridgehead atoms. The average molecular weight is 695 g/mol. The summed E-state index contributed by atoms with van der Waals surface area (Å²) in [7, 11) is 1.19. The van der Waals surface area contributed by atoms with Crippen molar-refractivity contribution in [2.24, 2.45) is 15.7 Å². The number of tetrazole rings is 1. The molecule has 4 N–H and O–H groups in total. The van der Waals surface area contributed by atoms with Crippen molar-refractivity contribution in [3.63, 3.8) is 0 Å². The molecule has 3 unspecified atom stereocenters. The Morgan fingerprint density at radius 2 is 2.13 bits per heavy atom. The van der Waals surface area contributed by atoms with E-state index in [2.05, 4.69) is 46.3 Å². The zero-order chi connectivity index (χ0) is 32.8. The van der Waals surface area contributed by atoms with Crippen LogP contribution in [0.3, 0.4) is 0 Å². The molecule has 2 aromatic rings. The first-order valence-electron chi connectivity index (χ1n) is 13.4. The molecule has 0 spiro atoms. The number of carbonyl (C=O) groups excluding carboxylic acids is 3. The molecule has 3 amide bonds. The summed E-state index contributed by atoms with van der Waals surface area (Å²) in [6.07, 6.45) is 5.37. The minimum atomic E-state index is -1.40. The number of amides is 3. The number of carbonyl (C=O) groups is 5. The third-order valence-corrected chi connectivity index (χ3v) is 10.6. The Hall–Kier alpha value is -4.57. The third kappa shape index (κ3) is 6.97. The smallest absolute Gasteiger partial charge is 0.355 e. The van der Waals surface area contributed by atoms with Gasteiger partial charge in [-0.1, -0.05) is 28.1 Å². The van der Waals surface area contributed by atoms with Crippen LogP contribution in [-0.2, 0) is 40.2 Å². The number of anilines is 1. The lowest BCUT2D eigenvalue weighted by molar-refractivity contribution is -0.157. The maximum atomic E-state index is 13.4. The molecule has 5 rings (SSSR count). The number of allylic oxidation sites excluding steroid dienone is 1. The predicted octanol–water partition coefficient (Wildman–Crippen LogP) is -0.513. The van der Waals surface area contributed by atoms with E-state index in [1.54, 1.807) is 0 Å². The second kappa shape index (κ2) is 14.2.